The van der Waals surface area contributed by atoms with Crippen LogP contribution >= 0.6 is 0 Å². The largest absolute Gasteiger partial charge is 0.333 e. The first-order valence-electron chi connectivity index (χ1n) is 12.4. The second-order valence-corrected chi connectivity index (χ2v) is 9.20. The molecule has 0 spiro atoms. The fourth-order valence-electron chi connectivity index (χ4n) is 4.79. The maximum Gasteiger partial charge on any atom is 0.333 e. The molecule has 7 heteroatoms. The van der Waals surface area contributed by atoms with E-state index in [-0.39, 0.29) is 5.69 Å². The van der Waals surface area contributed by atoms with Gasteiger partial charge in [-0.2, -0.15) is 0 Å². The third-order valence-corrected chi connectivity index (χ3v) is 6.66. The van der Waals surface area contributed by atoms with Gasteiger partial charge in [0.1, 0.15) is 0 Å². The van der Waals surface area contributed by atoms with Crippen LogP contribution in [-0.2, 0) is 13.0 Å². The highest BCUT2D eigenvalue weighted by Crippen LogP contribution is 2.30. The Kier molecular flexibility index (Phi) is 6.62. The predicted octanol–water partition coefficient (Wildman–Crippen LogP) is 5.49. The Morgan fingerprint density at radius 2 is 1.61 bits per heavy atom. The monoisotopic (exact) mass is 478 g/mol. The van der Waals surface area contributed by atoms with Crippen LogP contribution in [0.3, 0.4) is 0 Å². The number of hydrogen-bond donors (Lipinski definition) is 1. The lowest BCUT2D eigenvalue weighted by molar-refractivity contribution is 0.673. The molecule has 0 saturated carbocycles. The topological polar surface area (TPSA) is 81.4 Å². The molecule has 0 amide bonds. The standard InChI is InChI=1S/C29H30N6O/c1-4-5-11-24-19-35(27-20(2)9-8-10-21(27)3)29(36)34(24)18-22-14-16-23(17-15-22)25-12-6-7-13-26(25)28-30-32-33-31-28/h6-10,12-17,19H,4-5,11,18H2,1-3H3,(H,30,31,32,33). The van der Waals surface area contributed by atoms with Crippen molar-refractivity contribution in [3.05, 3.63) is 106 Å². The van der Waals surface area contributed by atoms with Gasteiger partial charge in [-0.15, -0.1) is 5.10 Å². The Balaban J connectivity index is 1.49. The highest BCUT2D eigenvalue weighted by atomic mass is 16.1. The van der Waals surface area contributed by atoms with Crippen LogP contribution in [0.2, 0.25) is 0 Å². The van der Waals surface area contributed by atoms with Crippen molar-refractivity contribution in [2.45, 2.75) is 46.6 Å². The SMILES string of the molecule is CCCCc1cn(-c2c(C)cccc2C)c(=O)n1Cc1ccc(-c2ccccc2-c2nnn[nH]2)cc1. The number of nitrogens with one attached hydrogen (secondary N) is 1. The van der Waals surface area contributed by atoms with Gasteiger partial charge in [0.15, 0.2) is 5.82 Å². The van der Waals surface area contributed by atoms with Crippen molar-refractivity contribution in [3.63, 3.8) is 0 Å². The molecule has 5 rings (SSSR count). The fourth-order valence-corrected chi connectivity index (χ4v) is 4.79. The van der Waals surface area contributed by atoms with Gasteiger partial charge in [0.25, 0.3) is 0 Å². The molecule has 0 fully saturated rings. The van der Waals surface area contributed by atoms with E-state index in [2.05, 4.69) is 83.9 Å². The number of aromatic nitrogens is 6. The molecule has 2 heterocycles. The molecule has 36 heavy (non-hydrogen) atoms. The van der Waals surface area contributed by atoms with Crippen molar-refractivity contribution in [2.24, 2.45) is 0 Å². The highest BCUT2D eigenvalue weighted by Gasteiger charge is 2.16. The Hall–Kier alpha value is -4.26. The van der Waals surface area contributed by atoms with Crippen LogP contribution in [0.15, 0.2) is 77.7 Å². The third kappa shape index (κ3) is 4.52. The summed E-state index contributed by atoms with van der Waals surface area (Å²) in [5.41, 5.74) is 8.38. The number of tetrazole rings is 1. The molecule has 2 aromatic heterocycles. The van der Waals surface area contributed by atoms with E-state index in [9.17, 15) is 4.79 Å². The second kappa shape index (κ2) is 10.2. The minimum absolute atomic E-state index is 0.00532. The molecule has 0 bridgehead atoms. The Labute approximate surface area is 210 Å². The number of hydrogen-bond acceptors (Lipinski definition) is 4. The molecule has 0 aliphatic rings. The quantitative estimate of drug-likeness (QED) is 0.320. The molecule has 0 aliphatic carbocycles. The fraction of sp³-hybridized carbons (Fsp3) is 0.241. The lowest BCUT2D eigenvalue weighted by atomic mass is 9.98. The van der Waals surface area contributed by atoms with Crippen LogP contribution in [0.4, 0.5) is 0 Å². The Morgan fingerprint density at radius 1 is 0.889 bits per heavy atom. The van der Waals surface area contributed by atoms with E-state index in [4.69, 9.17) is 0 Å². The summed E-state index contributed by atoms with van der Waals surface area (Å²) in [6.07, 6.45) is 5.03. The average molecular weight is 479 g/mol. The van der Waals surface area contributed by atoms with E-state index in [1.165, 1.54) is 0 Å². The van der Waals surface area contributed by atoms with Crippen molar-refractivity contribution < 1.29 is 0 Å². The van der Waals surface area contributed by atoms with Gasteiger partial charge in [-0.05, 0) is 64.9 Å². The third-order valence-electron chi connectivity index (χ3n) is 6.66. The molecule has 0 aliphatic heterocycles. The molecule has 0 saturated heterocycles. The number of nitrogens with zero attached hydrogens (tertiary/aromatic N) is 5. The van der Waals surface area contributed by atoms with Crippen LogP contribution in [-0.4, -0.2) is 29.8 Å². The maximum atomic E-state index is 13.6. The highest BCUT2D eigenvalue weighted by molar-refractivity contribution is 5.80. The number of aryl methyl sites for hydroxylation is 3. The van der Waals surface area contributed by atoms with Crippen molar-refractivity contribution in [2.75, 3.05) is 0 Å². The Morgan fingerprint density at radius 3 is 2.28 bits per heavy atom. The second-order valence-electron chi connectivity index (χ2n) is 9.20. The number of benzene rings is 3. The van der Waals surface area contributed by atoms with Crippen molar-refractivity contribution in [1.82, 2.24) is 29.8 Å². The van der Waals surface area contributed by atoms with Gasteiger partial charge in [0, 0.05) is 17.5 Å². The summed E-state index contributed by atoms with van der Waals surface area (Å²) < 4.78 is 3.75. The molecule has 182 valence electrons. The molecule has 0 unspecified atom stereocenters. The first-order chi connectivity index (χ1) is 17.6. The summed E-state index contributed by atoms with van der Waals surface area (Å²) in [4.78, 5) is 13.6. The number of unbranched alkanes of at least 4 members (excludes halogenated alkanes) is 1. The first kappa shape index (κ1) is 23.5. The molecular formula is C29H30N6O. The zero-order valence-corrected chi connectivity index (χ0v) is 20.9. The predicted molar refractivity (Wildman–Crippen MR) is 142 cm³/mol. The lowest BCUT2D eigenvalue weighted by Crippen LogP contribution is -2.25. The smallest absolute Gasteiger partial charge is 0.292 e. The van der Waals surface area contributed by atoms with Crippen LogP contribution in [0.1, 0.15) is 42.1 Å². The molecule has 7 nitrogen and oxygen atoms in total. The summed E-state index contributed by atoms with van der Waals surface area (Å²) in [7, 11) is 0. The van der Waals surface area contributed by atoms with Gasteiger partial charge >= 0.3 is 5.69 Å². The van der Waals surface area contributed by atoms with E-state index in [1.54, 1.807) is 0 Å². The number of para-hydroxylation sites is 1. The minimum atomic E-state index is 0.00532. The molecule has 0 radical (unpaired) electrons. The van der Waals surface area contributed by atoms with Crippen LogP contribution in [0.25, 0.3) is 28.2 Å². The van der Waals surface area contributed by atoms with Gasteiger partial charge in [-0.3, -0.25) is 9.13 Å². The van der Waals surface area contributed by atoms with Crippen LogP contribution in [0.5, 0.6) is 0 Å². The molecule has 1 N–H and O–H groups in total. The van der Waals surface area contributed by atoms with Gasteiger partial charge in [0.05, 0.1) is 12.2 Å². The summed E-state index contributed by atoms with van der Waals surface area (Å²) in [5.74, 6) is 0.634. The maximum absolute atomic E-state index is 13.6. The van der Waals surface area contributed by atoms with Gasteiger partial charge in [-0.1, -0.05) is 80.1 Å². The number of imidazole rings is 1. The number of aromatic amines is 1. The van der Waals surface area contributed by atoms with E-state index in [0.29, 0.717) is 12.4 Å². The summed E-state index contributed by atoms with van der Waals surface area (Å²) in [6.45, 7) is 6.83. The summed E-state index contributed by atoms with van der Waals surface area (Å²) in [6, 6.07) is 22.6. The van der Waals surface area contributed by atoms with E-state index >= 15 is 0 Å². The number of H-pyrrole nitrogens is 1. The van der Waals surface area contributed by atoms with Crippen LogP contribution < -0.4 is 5.69 Å². The Bertz CT molecular complexity index is 1510. The van der Waals surface area contributed by atoms with E-state index in [0.717, 1.165) is 64.0 Å². The first-order valence-corrected chi connectivity index (χ1v) is 12.4. The lowest BCUT2D eigenvalue weighted by Gasteiger charge is -2.11. The zero-order valence-electron chi connectivity index (χ0n) is 20.9. The molecule has 3 aromatic carbocycles. The van der Waals surface area contributed by atoms with E-state index < -0.39 is 0 Å². The van der Waals surface area contributed by atoms with Crippen molar-refractivity contribution in [1.29, 1.82) is 0 Å². The van der Waals surface area contributed by atoms with Crippen molar-refractivity contribution >= 4 is 0 Å². The van der Waals surface area contributed by atoms with Crippen LogP contribution in [0, 0.1) is 13.8 Å². The van der Waals surface area contributed by atoms with E-state index in [1.807, 2.05) is 39.6 Å². The summed E-state index contributed by atoms with van der Waals surface area (Å²) in [5, 5.41) is 14.3. The van der Waals surface area contributed by atoms with Gasteiger partial charge in [-0.25, -0.2) is 9.89 Å². The minimum Gasteiger partial charge on any atom is -0.292 e. The molecule has 5 aromatic rings. The average Bonchev–Trinajstić information content (AvgIpc) is 3.53. The summed E-state index contributed by atoms with van der Waals surface area (Å²) >= 11 is 0. The van der Waals surface area contributed by atoms with Gasteiger partial charge < -0.3 is 0 Å². The van der Waals surface area contributed by atoms with Gasteiger partial charge in [0.2, 0.25) is 0 Å². The zero-order chi connectivity index (χ0) is 25.1. The normalized spacial score (nSPS) is 11.2. The number of rotatable bonds is 8. The van der Waals surface area contributed by atoms with Crippen molar-refractivity contribution in [3.8, 4) is 28.2 Å². The molecule has 0 atom stereocenters. The molecular weight excluding hydrogens is 448 g/mol.